The maximum absolute atomic E-state index is 11.8. The van der Waals surface area contributed by atoms with Crippen LogP contribution < -0.4 is 11.1 Å². The standard InChI is InChI=1S/C9H11N5O2/c1-4-7(16-5(2)12-4)9(15)13-8-6(10)3-11-14-8/h3H,10H2,1-2H3,(H2,11,13,14,15). The molecule has 0 fully saturated rings. The molecule has 7 heteroatoms. The number of H-pyrrole nitrogens is 1. The van der Waals surface area contributed by atoms with Gasteiger partial charge in [-0.15, -0.1) is 0 Å². The van der Waals surface area contributed by atoms with Crippen LogP contribution in [0.2, 0.25) is 0 Å². The van der Waals surface area contributed by atoms with Gasteiger partial charge in [0.25, 0.3) is 5.91 Å². The van der Waals surface area contributed by atoms with Crippen molar-refractivity contribution in [1.29, 1.82) is 0 Å². The van der Waals surface area contributed by atoms with Crippen LogP contribution in [0.4, 0.5) is 11.5 Å². The third-order valence-corrected chi connectivity index (χ3v) is 2.02. The van der Waals surface area contributed by atoms with E-state index in [2.05, 4.69) is 20.5 Å². The molecule has 7 nitrogen and oxygen atoms in total. The van der Waals surface area contributed by atoms with Crippen LogP contribution >= 0.6 is 0 Å². The average molecular weight is 221 g/mol. The minimum absolute atomic E-state index is 0.173. The zero-order valence-electron chi connectivity index (χ0n) is 8.87. The van der Waals surface area contributed by atoms with Crippen LogP contribution in [0.5, 0.6) is 0 Å². The molecule has 0 saturated carbocycles. The van der Waals surface area contributed by atoms with Gasteiger partial charge in [0.05, 0.1) is 17.6 Å². The van der Waals surface area contributed by atoms with Crippen molar-refractivity contribution in [2.45, 2.75) is 13.8 Å². The number of hydrogen-bond acceptors (Lipinski definition) is 5. The largest absolute Gasteiger partial charge is 0.436 e. The van der Waals surface area contributed by atoms with E-state index >= 15 is 0 Å². The monoisotopic (exact) mass is 221 g/mol. The Morgan fingerprint density at radius 1 is 1.56 bits per heavy atom. The fourth-order valence-corrected chi connectivity index (χ4v) is 1.31. The Hall–Kier alpha value is -2.31. The first-order chi connectivity index (χ1) is 7.58. The van der Waals surface area contributed by atoms with E-state index in [9.17, 15) is 4.79 Å². The summed E-state index contributed by atoms with van der Waals surface area (Å²) in [5, 5.41) is 8.79. The summed E-state index contributed by atoms with van der Waals surface area (Å²) in [6.07, 6.45) is 1.41. The summed E-state index contributed by atoms with van der Waals surface area (Å²) in [4.78, 5) is 15.7. The predicted octanol–water partition coefficient (Wildman–Crippen LogP) is 0.849. The molecular weight excluding hydrogens is 210 g/mol. The SMILES string of the molecule is Cc1nc(C)c(C(=O)Nc2[nH]ncc2N)o1. The summed E-state index contributed by atoms with van der Waals surface area (Å²) in [6.45, 7) is 3.37. The fourth-order valence-electron chi connectivity index (χ4n) is 1.31. The first kappa shape index (κ1) is 10.2. The first-order valence-electron chi connectivity index (χ1n) is 4.62. The van der Waals surface area contributed by atoms with Crippen molar-refractivity contribution in [3.63, 3.8) is 0 Å². The van der Waals surface area contributed by atoms with Crippen LogP contribution in [0, 0.1) is 13.8 Å². The van der Waals surface area contributed by atoms with Gasteiger partial charge >= 0.3 is 0 Å². The van der Waals surface area contributed by atoms with Crippen molar-refractivity contribution in [1.82, 2.24) is 15.2 Å². The molecule has 0 radical (unpaired) electrons. The number of amides is 1. The van der Waals surface area contributed by atoms with Gasteiger partial charge in [0.2, 0.25) is 5.76 Å². The molecule has 2 aromatic rings. The van der Waals surface area contributed by atoms with Gasteiger partial charge in [-0.1, -0.05) is 0 Å². The number of oxazole rings is 1. The molecule has 0 saturated heterocycles. The van der Waals surface area contributed by atoms with Gasteiger partial charge in [0.15, 0.2) is 11.7 Å². The average Bonchev–Trinajstić information content (AvgIpc) is 2.74. The van der Waals surface area contributed by atoms with Crippen molar-refractivity contribution < 1.29 is 9.21 Å². The van der Waals surface area contributed by atoms with E-state index in [4.69, 9.17) is 10.2 Å². The highest BCUT2D eigenvalue weighted by atomic mass is 16.4. The molecular formula is C9H11N5O2. The lowest BCUT2D eigenvalue weighted by atomic mass is 10.3. The quantitative estimate of drug-likeness (QED) is 0.696. The fraction of sp³-hybridized carbons (Fsp3) is 0.222. The Labute approximate surface area is 91.0 Å². The smallest absolute Gasteiger partial charge is 0.294 e. The minimum Gasteiger partial charge on any atom is -0.436 e. The maximum Gasteiger partial charge on any atom is 0.294 e. The normalized spacial score (nSPS) is 10.4. The molecule has 0 aliphatic heterocycles. The molecule has 0 bridgehead atoms. The van der Waals surface area contributed by atoms with Gasteiger partial charge in [-0.2, -0.15) is 5.10 Å². The second kappa shape index (κ2) is 3.69. The maximum atomic E-state index is 11.8. The zero-order chi connectivity index (χ0) is 11.7. The molecule has 1 amide bonds. The second-order valence-electron chi connectivity index (χ2n) is 3.30. The molecule has 2 aromatic heterocycles. The Balaban J connectivity index is 2.21. The van der Waals surface area contributed by atoms with E-state index in [1.165, 1.54) is 6.20 Å². The molecule has 84 valence electrons. The Morgan fingerprint density at radius 3 is 2.81 bits per heavy atom. The highest BCUT2D eigenvalue weighted by Crippen LogP contribution is 2.16. The summed E-state index contributed by atoms with van der Waals surface area (Å²) in [6, 6.07) is 0. The van der Waals surface area contributed by atoms with Crippen LogP contribution in [-0.4, -0.2) is 21.1 Å². The topological polar surface area (TPSA) is 110 Å². The first-order valence-corrected chi connectivity index (χ1v) is 4.62. The number of hydrogen-bond donors (Lipinski definition) is 3. The summed E-state index contributed by atoms with van der Waals surface area (Å²) in [5.74, 6) is 0.555. The van der Waals surface area contributed by atoms with Gasteiger partial charge in [-0.05, 0) is 6.92 Å². The number of nitrogen functional groups attached to an aromatic ring is 1. The molecule has 16 heavy (non-hydrogen) atoms. The highest BCUT2D eigenvalue weighted by molar-refractivity contribution is 6.03. The van der Waals surface area contributed by atoms with E-state index in [0.29, 0.717) is 23.1 Å². The third kappa shape index (κ3) is 1.74. The van der Waals surface area contributed by atoms with Crippen molar-refractivity contribution in [2.75, 3.05) is 11.1 Å². The predicted molar refractivity (Wildman–Crippen MR) is 56.9 cm³/mol. The lowest BCUT2D eigenvalue weighted by Crippen LogP contribution is -2.13. The van der Waals surface area contributed by atoms with Crippen molar-refractivity contribution in [3.05, 3.63) is 23.5 Å². The number of rotatable bonds is 2. The van der Waals surface area contributed by atoms with Gasteiger partial charge in [0, 0.05) is 6.92 Å². The van der Waals surface area contributed by atoms with Gasteiger partial charge in [-0.25, -0.2) is 4.98 Å². The van der Waals surface area contributed by atoms with Crippen LogP contribution in [-0.2, 0) is 0 Å². The zero-order valence-corrected chi connectivity index (χ0v) is 8.87. The third-order valence-electron chi connectivity index (χ3n) is 2.02. The molecule has 0 aliphatic rings. The Morgan fingerprint density at radius 2 is 2.31 bits per heavy atom. The van der Waals surface area contributed by atoms with Crippen LogP contribution in [0.1, 0.15) is 22.1 Å². The second-order valence-corrected chi connectivity index (χ2v) is 3.30. The number of nitrogens with two attached hydrogens (primary N) is 1. The molecule has 0 unspecified atom stereocenters. The van der Waals surface area contributed by atoms with Crippen LogP contribution in [0.25, 0.3) is 0 Å². The van der Waals surface area contributed by atoms with E-state index in [-0.39, 0.29) is 5.76 Å². The molecule has 4 N–H and O–H groups in total. The van der Waals surface area contributed by atoms with Gasteiger partial charge in [0.1, 0.15) is 0 Å². The summed E-state index contributed by atoms with van der Waals surface area (Å²) >= 11 is 0. The molecule has 2 rings (SSSR count). The number of nitrogens with one attached hydrogen (secondary N) is 2. The number of carbonyl (C=O) groups is 1. The van der Waals surface area contributed by atoms with Crippen LogP contribution in [0.3, 0.4) is 0 Å². The van der Waals surface area contributed by atoms with Crippen molar-refractivity contribution in [3.8, 4) is 0 Å². The molecule has 0 spiro atoms. The van der Waals surface area contributed by atoms with Crippen molar-refractivity contribution in [2.24, 2.45) is 0 Å². The highest BCUT2D eigenvalue weighted by Gasteiger charge is 2.17. The molecule has 0 aromatic carbocycles. The minimum atomic E-state index is -0.408. The molecule has 0 atom stereocenters. The summed E-state index contributed by atoms with van der Waals surface area (Å²) in [5.41, 5.74) is 6.45. The van der Waals surface area contributed by atoms with Crippen molar-refractivity contribution >= 4 is 17.4 Å². The summed E-state index contributed by atoms with van der Waals surface area (Å²) < 4.78 is 5.17. The van der Waals surface area contributed by atoms with E-state index in [1.54, 1.807) is 13.8 Å². The lowest BCUT2D eigenvalue weighted by Gasteiger charge is -2.00. The Bertz CT molecular complexity index is 528. The van der Waals surface area contributed by atoms with Gasteiger partial charge < -0.3 is 15.5 Å². The molecule has 0 aliphatic carbocycles. The lowest BCUT2D eigenvalue weighted by molar-refractivity contribution is 0.0994. The number of nitrogens with zero attached hydrogens (tertiary/aromatic N) is 2. The van der Waals surface area contributed by atoms with E-state index < -0.39 is 5.91 Å². The number of carbonyl (C=O) groups excluding carboxylic acids is 1. The van der Waals surface area contributed by atoms with E-state index in [1.807, 2.05) is 0 Å². The number of aryl methyl sites for hydroxylation is 2. The molecule has 2 heterocycles. The number of aromatic amines is 1. The van der Waals surface area contributed by atoms with E-state index in [0.717, 1.165) is 0 Å². The Kier molecular flexibility index (Phi) is 2.35. The number of aromatic nitrogens is 3. The number of anilines is 2. The van der Waals surface area contributed by atoms with Crippen LogP contribution in [0.15, 0.2) is 10.6 Å². The summed E-state index contributed by atoms with van der Waals surface area (Å²) in [7, 11) is 0. The van der Waals surface area contributed by atoms with Gasteiger partial charge in [-0.3, -0.25) is 9.89 Å².